The topological polar surface area (TPSA) is 26.3 Å². The number of methoxy groups -OCH3 is 1. The van der Waals surface area contributed by atoms with Gasteiger partial charge in [-0.05, 0) is 42.5 Å². The maximum atomic E-state index is 12.9. The number of halogens is 3. The molecule has 0 spiro atoms. The van der Waals surface area contributed by atoms with Crippen LogP contribution in [-0.4, -0.2) is 13.1 Å². The van der Waals surface area contributed by atoms with Gasteiger partial charge in [0.05, 0.1) is 18.2 Å². The van der Waals surface area contributed by atoms with E-state index in [2.05, 4.69) is 4.74 Å². The Morgan fingerprint density at radius 1 is 1.21 bits per heavy atom. The van der Waals surface area contributed by atoms with Gasteiger partial charge in [-0.1, -0.05) is 12.8 Å². The number of carbonyl (C=O) groups is 1. The van der Waals surface area contributed by atoms with E-state index < -0.39 is 17.7 Å². The number of benzene rings is 1. The Labute approximate surface area is 109 Å². The van der Waals surface area contributed by atoms with Gasteiger partial charge in [0, 0.05) is 0 Å². The van der Waals surface area contributed by atoms with Crippen LogP contribution < -0.4 is 0 Å². The predicted molar refractivity (Wildman–Crippen MR) is 64.0 cm³/mol. The van der Waals surface area contributed by atoms with E-state index in [1.165, 1.54) is 6.07 Å². The molecule has 2 nitrogen and oxygen atoms in total. The zero-order valence-electron chi connectivity index (χ0n) is 10.6. The summed E-state index contributed by atoms with van der Waals surface area (Å²) in [6.07, 6.45) is -0.649. The van der Waals surface area contributed by atoms with Crippen molar-refractivity contribution in [3.8, 4) is 0 Å². The van der Waals surface area contributed by atoms with Crippen LogP contribution >= 0.6 is 0 Å². The summed E-state index contributed by atoms with van der Waals surface area (Å²) in [5, 5.41) is 0. The molecule has 19 heavy (non-hydrogen) atoms. The van der Waals surface area contributed by atoms with Crippen LogP contribution in [-0.2, 0) is 10.9 Å². The number of esters is 1. The van der Waals surface area contributed by atoms with Gasteiger partial charge in [-0.2, -0.15) is 13.2 Å². The maximum Gasteiger partial charge on any atom is 0.416 e. The first-order valence-electron chi connectivity index (χ1n) is 6.22. The summed E-state index contributed by atoms with van der Waals surface area (Å²) in [5.41, 5.74) is -0.218. The zero-order chi connectivity index (χ0) is 14.0. The highest BCUT2D eigenvalue weighted by Crippen LogP contribution is 2.38. The van der Waals surface area contributed by atoms with Gasteiger partial charge in [0.25, 0.3) is 0 Å². The molecule has 0 amide bonds. The summed E-state index contributed by atoms with van der Waals surface area (Å²) < 4.78 is 43.1. The minimum Gasteiger partial charge on any atom is -0.465 e. The normalized spacial score (nSPS) is 16.6. The fourth-order valence-electron chi connectivity index (χ4n) is 2.55. The lowest BCUT2D eigenvalue weighted by atomic mass is 9.93. The predicted octanol–water partition coefficient (Wildman–Crippen LogP) is 4.15. The molecule has 0 radical (unpaired) electrons. The fraction of sp³-hybridized carbons (Fsp3) is 0.500. The quantitative estimate of drug-likeness (QED) is 0.756. The number of rotatable bonds is 2. The molecule has 2 rings (SSSR count). The first kappa shape index (κ1) is 13.9. The van der Waals surface area contributed by atoms with Gasteiger partial charge in [-0.25, -0.2) is 4.79 Å². The van der Waals surface area contributed by atoms with Crippen LogP contribution in [0.1, 0.15) is 53.1 Å². The summed E-state index contributed by atoms with van der Waals surface area (Å²) in [6, 6.07) is 3.53. The summed E-state index contributed by atoms with van der Waals surface area (Å²) >= 11 is 0. The van der Waals surface area contributed by atoms with Crippen molar-refractivity contribution in [1.29, 1.82) is 0 Å². The first-order valence-corrected chi connectivity index (χ1v) is 6.22. The monoisotopic (exact) mass is 272 g/mol. The van der Waals surface area contributed by atoms with Crippen LogP contribution in [0.25, 0.3) is 0 Å². The molecule has 0 aromatic heterocycles. The van der Waals surface area contributed by atoms with E-state index in [1.807, 2.05) is 0 Å². The van der Waals surface area contributed by atoms with Crippen LogP contribution in [0.4, 0.5) is 13.2 Å². The lowest BCUT2D eigenvalue weighted by Gasteiger charge is -2.15. The maximum absolute atomic E-state index is 12.9. The highest BCUT2D eigenvalue weighted by Gasteiger charge is 2.33. The number of hydrogen-bond donors (Lipinski definition) is 0. The van der Waals surface area contributed by atoms with E-state index in [1.54, 1.807) is 0 Å². The minimum absolute atomic E-state index is 0.0285. The second-order valence-electron chi connectivity index (χ2n) is 4.81. The molecule has 104 valence electrons. The average molecular weight is 272 g/mol. The Bertz CT molecular complexity index is 474. The van der Waals surface area contributed by atoms with Crippen molar-refractivity contribution >= 4 is 5.97 Å². The van der Waals surface area contributed by atoms with Crippen molar-refractivity contribution in [3.05, 3.63) is 34.9 Å². The van der Waals surface area contributed by atoms with Crippen LogP contribution in [0.2, 0.25) is 0 Å². The Kier molecular flexibility index (Phi) is 3.83. The Hall–Kier alpha value is -1.52. The van der Waals surface area contributed by atoms with Gasteiger partial charge in [0.1, 0.15) is 0 Å². The van der Waals surface area contributed by atoms with Crippen LogP contribution in [0.3, 0.4) is 0 Å². The molecule has 0 unspecified atom stereocenters. The van der Waals surface area contributed by atoms with Crippen molar-refractivity contribution in [2.24, 2.45) is 0 Å². The third kappa shape index (κ3) is 3.08. The summed E-state index contributed by atoms with van der Waals surface area (Å²) in [6.45, 7) is 0. The largest absolute Gasteiger partial charge is 0.465 e. The van der Waals surface area contributed by atoms with E-state index in [4.69, 9.17) is 0 Å². The Morgan fingerprint density at radius 2 is 1.84 bits per heavy atom. The van der Waals surface area contributed by atoms with Crippen LogP contribution in [0.5, 0.6) is 0 Å². The molecule has 0 aliphatic heterocycles. The van der Waals surface area contributed by atoms with Crippen LogP contribution in [0, 0.1) is 0 Å². The molecule has 1 fully saturated rings. The summed E-state index contributed by atoms with van der Waals surface area (Å²) in [5.74, 6) is -0.615. The Balaban J connectivity index is 2.45. The summed E-state index contributed by atoms with van der Waals surface area (Å²) in [4.78, 5) is 11.5. The number of hydrogen-bond acceptors (Lipinski definition) is 2. The second kappa shape index (κ2) is 5.23. The van der Waals surface area contributed by atoms with Gasteiger partial charge in [0.15, 0.2) is 0 Å². The molecule has 0 N–H and O–H groups in total. The van der Waals surface area contributed by atoms with Crippen molar-refractivity contribution in [2.45, 2.75) is 37.8 Å². The van der Waals surface area contributed by atoms with Crippen molar-refractivity contribution in [3.63, 3.8) is 0 Å². The molecule has 0 heterocycles. The smallest absolute Gasteiger partial charge is 0.416 e. The van der Waals surface area contributed by atoms with E-state index in [9.17, 15) is 18.0 Å². The van der Waals surface area contributed by atoms with Gasteiger partial charge >= 0.3 is 12.1 Å². The van der Waals surface area contributed by atoms with Crippen molar-refractivity contribution in [2.75, 3.05) is 7.11 Å². The van der Waals surface area contributed by atoms with Crippen LogP contribution in [0.15, 0.2) is 18.2 Å². The van der Waals surface area contributed by atoms with Crippen molar-refractivity contribution in [1.82, 2.24) is 0 Å². The third-order valence-electron chi connectivity index (χ3n) is 3.53. The van der Waals surface area contributed by atoms with Gasteiger partial charge in [-0.3, -0.25) is 0 Å². The molecule has 0 saturated heterocycles. The fourth-order valence-corrected chi connectivity index (χ4v) is 2.55. The molecule has 1 aromatic rings. The molecule has 1 aromatic carbocycles. The standard InChI is InChI=1S/C14H15F3O2/c1-19-13(18)11-6-10(9-4-2-3-5-9)7-12(8-11)14(15,16)17/h6-9H,2-5H2,1H3. The Morgan fingerprint density at radius 3 is 2.37 bits per heavy atom. The van der Waals surface area contributed by atoms with Gasteiger partial charge in [0.2, 0.25) is 0 Å². The molecule has 1 aliphatic carbocycles. The summed E-state index contributed by atoms with van der Waals surface area (Å²) in [7, 11) is 1.16. The second-order valence-corrected chi connectivity index (χ2v) is 4.81. The van der Waals surface area contributed by atoms with E-state index in [-0.39, 0.29) is 11.5 Å². The zero-order valence-corrected chi connectivity index (χ0v) is 10.6. The molecular weight excluding hydrogens is 257 g/mol. The minimum atomic E-state index is -4.45. The van der Waals surface area contributed by atoms with Gasteiger partial charge < -0.3 is 4.74 Å². The number of ether oxygens (including phenoxy) is 1. The van der Waals surface area contributed by atoms with Gasteiger partial charge in [-0.15, -0.1) is 0 Å². The average Bonchev–Trinajstić information content (AvgIpc) is 2.90. The molecule has 0 bridgehead atoms. The highest BCUT2D eigenvalue weighted by molar-refractivity contribution is 5.89. The SMILES string of the molecule is COC(=O)c1cc(C2CCCC2)cc(C(F)(F)F)c1. The molecule has 5 heteroatoms. The lowest BCUT2D eigenvalue weighted by molar-refractivity contribution is -0.137. The molecular formula is C14H15F3O2. The molecule has 1 saturated carbocycles. The third-order valence-corrected chi connectivity index (χ3v) is 3.53. The van der Waals surface area contributed by atoms with Crippen molar-refractivity contribution < 1.29 is 22.7 Å². The lowest BCUT2D eigenvalue weighted by Crippen LogP contribution is -2.10. The number of carbonyl (C=O) groups excluding carboxylic acids is 1. The molecule has 0 atom stereocenters. The van der Waals surface area contributed by atoms with E-state index in [0.717, 1.165) is 44.9 Å². The highest BCUT2D eigenvalue weighted by atomic mass is 19.4. The first-order chi connectivity index (χ1) is 8.91. The molecule has 1 aliphatic rings. The van der Waals surface area contributed by atoms with E-state index >= 15 is 0 Å². The van der Waals surface area contributed by atoms with E-state index in [0.29, 0.717) is 5.56 Å². The number of alkyl halides is 3.